The second kappa shape index (κ2) is 8.30. The van der Waals surface area contributed by atoms with Crippen LogP contribution in [0.5, 0.6) is 0 Å². The normalized spacial score (nSPS) is 15.4. The number of hydrogen-bond acceptors (Lipinski definition) is 3. The largest absolute Gasteiger partial charge is 0.481 e. The average Bonchev–Trinajstić information content (AvgIpc) is 3.00. The van der Waals surface area contributed by atoms with Crippen molar-refractivity contribution in [2.24, 2.45) is 5.92 Å². The van der Waals surface area contributed by atoms with Gasteiger partial charge in [-0.15, -0.1) is 0 Å². The number of benzene rings is 1. The van der Waals surface area contributed by atoms with Crippen LogP contribution in [0.1, 0.15) is 37.1 Å². The van der Waals surface area contributed by atoms with E-state index in [1.54, 1.807) is 0 Å². The van der Waals surface area contributed by atoms with E-state index in [0.717, 1.165) is 48.2 Å². The zero-order valence-corrected chi connectivity index (χ0v) is 14.9. The molecule has 1 aliphatic heterocycles. The van der Waals surface area contributed by atoms with Crippen LogP contribution < -0.4 is 5.32 Å². The molecule has 5 nitrogen and oxygen atoms in total. The number of aromatic nitrogens is 2. The maximum atomic E-state index is 10.7. The molecule has 0 atom stereocenters. The molecule has 0 radical (unpaired) electrons. The Kier molecular flexibility index (Phi) is 5.87. The van der Waals surface area contributed by atoms with Crippen molar-refractivity contribution in [1.82, 2.24) is 14.9 Å². The van der Waals surface area contributed by atoms with Gasteiger partial charge in [-0.05, 0) is 57.2 Å². The molecule has 1 aromatic heterocycles. The Balaban J connectivity index is 1.61. The van der Waals surface area contributed by atoms with Gasteiger partial charge < -0.3 is 15.0 Å². The first-order valence-electron chi connectivity index (χ1n) is 9.17. The lowest BCUT2D eigenvalue weighted by molar-refractivity contribution is -0.136. The summed E-state index contributed by atoms with van der Waals surface area (Å²) in [6.45, 7) is 5.38. The molecule has 1 aromatic carbocycles. The fourth-order valence-electron chi connectivity index (χ4n) is 3.46. The summed E-state index contributed by atoms with van der Waals surface area (Å²) < 4.78 is 2.26. The fourth-order valence-corrected chi connectivity index (χ4v) is 3.46. The number of piperidine rings is 1. The maximum Gasteiger partial charge on any atom is 0.303 e. The number of nitrogens with zero attached hydrogens (tertiary/aromatic N) is 2. The van der Waals surface area contributed by atoms with Gasteiger partial charge in [-0.1, -0.05) is 24.3 Å². The maximum absolute atomic E-state index is 10.7. The third-order valence-electron chi connectivity index (χ3n) is 5.09. The van der Waals surface area contributed by atoms with Crippen molar-refractivity contribution in [3.05, 3.63) is 41.9 Å². The van der Waals surface area contributed by atoms with Gasteiger partial charge in [0, 0.05) is 24.7 Å². The molecule has 1 aliphatic rings. The molecule has 5 heteroatoms. The van der Waals surface area contributed by atoms with Crippen molar-refractivity contribution in [2.75, 3.05) is 13.1 Å². The van der Waals surface area contributed by atoms with Crippen LogP contribution >= 0.6 is 0 Å². The quantitative estimate of drug-likeness (QED) is 0.811. The lowest BCUT2D eigenvalue weighted by atomic mass is 9.95. The van der Waals surface area contributed by atoms with Gasteiger partial charge in [0.2, 0.25) is 0 Å². The molecule has 134 valence electrons. The Bertz CT molecular complexity index is 700. The third-order valence-corrected chi connectivity index (χ3v) is 5.09. The van der Waals surface area contributed by atoms with E-state index >= 15 is 0 Å². The van der Waals surface area contributed by atoms with Crippen molar-refractivity contribution in [3.8, 4) is 11.3 Å². The molecule has 2 heterocycles. The van der Waals surface area contributed by atoms with E-state index in [2.05, 4.69) is 23.0 Å². The van der Waals surface area contributed by atoms with E-state index in [1.807, 2.05) is 24.3 Å². The molecule has 3 rings (SSSR count). The van der Waals surface area contributed by atoms with Crippen LogP contribution in [-0.2, 0) is 17.8 Å². The van der Waals surface area contributed by atoms with Crippen molar-refractivity contribution >= 4 is 5.97 Å². The highest BCUT2D eigenvalue weighted by Gasteiger charge is 2.14. The molecular weight excluding hydrogens is 314 g/mol. The molecule has 0 bridgehead atoms. The van der Waals surface area contributed by atoms with Crippen LogP contribution in [0.25, 0.3) is 11.3 Å². The van der Waals surface area contributed by atoms with E-state index < -0.39 is 5.97 Å². The minimum atomic E-state index is -0.757. The van der Waals surface area contributed by atoms with Crippen molar-refractivity contribution in [3.63, 3.8) is 0 Å². The molecular formula is C20H27N3O2. The van der Waals surface area contributed by atoms with Gasteiger partial charge in [0.15, 0.2) is 0 Å². The van der Waals surface area contributed by atoms with Crippen LogP contribution in [0.15, 0.2) is 30.5 Å². The SMILES string of the molecule is Cc1nc(-c2ccc(CCC(=O)O)cc2)cn1CCC1CCNCC1. The molecule has 25 heavy (non-hydrogen) atoms. The monoisotopic (exact) mass is 341 g/mol. The van der Waals surface area contributed by atoms with Gasteiger partial charge in [-0.3, -0.25) is 4.79 Å². The third kappa shape index (κ3) is 4.92. The summed E-state index contributed by atoms with van der Waals surface area (Å²) in [5.74, 6) is 1.12. The minimum Gasteiger partial charge on any atom is -0.481 e. The summed E-state index contributed by atoms with van der Waals surface area (Å²) in [7, 11) is 0. The zero-order valence-electron chi connectivity index (χ0n) is 14.9. The number of carbonyl (C=O) groups is 1. The van der Waals surface area contributed by atoms with Crippen LogP contribution in [-0.4, -0.2) is 33.7 Å². The Hall–Kier alpha value is -2.14. The molecule has 2 aromatic rings. The molecule has 2 N–H and O–H groups in total. The van der Waals surface area contributed by atoms with Gasteiger partial charge in [0.25, 0.3) is 0 Å². The highest BCUT2D eigenvalue weighted by atomic mass is 16.4. The summed E-state index contributed by atoms with van der Waals surface area (Å²) >= 11 is 0. The van der Waals surface area contributed by atoms with Gasteiger partial charge in [-0.2, -0.15) is 0 Å². The smallest absolute Gasteiger partial charge is 0.303 e. The van der Waals surface area contributed by atoms with Crippen LogP contribution in [0.3, 0.4) is 0 Å². The number of hydrogen-bond donors (Lipinski definition) is 2. The molecule has 1 fully saturated rings. The molecule has 0 unspecified atom stereocenters. The van der Waals surface area contributed by atoms with E-state index in [0.29, 0.717) is 6.42 Å². The highest BCUT2D eigenvalue weighted by molar-refractivity contribution is 5.67. The van der Waals surface area contributed by atoms with Gasteiger partial charge in [0.05, 0.1) is 5.69 Å². The van der Waals surface area contributed by atoms with E-state index in [-0.39, 0.29) is 6.42 Å². The number of rotatable bonds is 7. The van der Waals surface area contributed by atoms with Crippen molar-refractivity contribution in [2.45, 2.75) is 45.6 Å². The summed E-state index contributed by atoms with van der Waals surface area (Å²) in [6, 6.07) is 8.08. The van der Waals surface area contributed by atoms with Crippen LogP contribution in [0.4, 0.5) is 0 Å². The van der Waals surface area contributed by atoms with Crippen molar-refractivity contribution < 1.29 is 9.90 Å². The number of aryl methyl sites for hydroxylation is 3. The summed E-state index contributed by atoms with van der Waals surface area (Å²) in [5.41, 5.74) is 3.13. The molecule has 0 saturated carbocycles. The summed E-state index contributed by atoms with van der Waals surface area (Å²) in [4.78, 5) is 15.4. The Labute approximate surface area is 149 Å². The van der Waals surface area contributed by atoms with Crippen molar-refractivity contribution in [1.29, 1.82) is 0 Å². The number of carboxylic acid groups (broad SMARTS) is 1. The first-order chi connectivity index (χ1) is 12.1. The minimum absolute atomic E-state index is 0.170. The predicted octanol–water partition coefficient (Wildman–Crippen LogP) is 3.27. The molecule has 0 aliphatic carbocycles. The number of imidazole rings is 1. The highest BCUT2D eigenvalue weighted by Crippen LogP contribution is 2.22. The second-order valence-electron chi connectivity index (χ2n) is 6.94. The first kappa shape index (κ1) is 17.7. The molecule has 0 spiro atoms. The number of aliphatic carboxylic acids is 1. The van der Waals surface area contributed by atoms with Crippen LogP contribution in [0.2, 0.25) is 0 Å². The van der Waals surface area contributed by atoms with Gasteiger partial charge in [-0.25, -0.2) is 4.98 Å². The number of nitrogens with one attached hydrogen (secondary N) is 1. The average molecular weight is 341 g/mol. The standard InChI is InChI=1S/C20H27N3O2/c1-15-22-19(14-23(15)13-10-17-8-11-21-12-9-17)18-5-2-16(3-6-18)4-7-20(24)25/h2-3,5-6,14,17,21H,4,7-13H2,1H3,(H,24,25). The zero-order chi connectivity index (χ0) is 17.6. The summed E-state index contributed by atoms with van der Waals surface area (Å²) in [5, 5.41) is 12.2. The summed E-state index contributed by atoms with van der Waals surface area (Å²) in [6.07, 6.45) is 6.65. The molecule has 0 amide bonds. The predicted molar refractivity (Wildman–Crippen MR) is 98.6 cm³/mol. The van der Waals surface area contributed by atoms with Gasteiger partial charge >= 0.3 is 5.97 Å². The fraction of sp³-hybridized carbons (Fsp3) is 0.500. The molecule has 1 saturated heterocycles. The Morgan fingerprint density at radius 1 is 1.28 bits per heavy atom. The second-order valence-corrected chi connectivity index (χ2v) is 6.94. The van der Waals surface area contributed by atoms with E-state index in [1.165, 1.54) is 19.3 Å². The topological polar surface area (TPSA) is 67.1 Å². The number of carboxylic acids is 1. The Morgan fingerprint density at radius 2 is 2.00 bits per heavy atom. The first-order valence-corrected chi connectivity index (χ1v) is 9.17. The lowest BCUT2D eigenvalue weighted by Crippen LogP contribution is -2.28. The Morgan fingerprint density at radius 3 is 2.68 bits per heavy atom. The van der Waals surface area contributed by atoms with E-state index in [9.17, 15) is 4.79 Å². The van der Waals surface area contributed by atoms with E-state index in [4.69, 9.17) is 10.1 Å². The van der Waals surface area contributed by atoms with Crippen LogP contribution in [0, 0.1) is 12.8 Å². The van der Waals surface area contributed by atoms with Gasteiger partial charge in [0.1, 0.15) is 5.82 Å². The lowest BCUT2D eigenvalue weighted by Gasteiger charge is -2.22.